The lowest BCUT2D eigenvalue weighted by Crippen LogP contribution is -2.18. The highest BCUT2D eigenvalue weighted by atomic mass is 15.1. The van der Waals surface area contributed by atoms with Gasteiger partial charge in [0.15, 0.2) is 0 Å². The molecule has 1 atom stereocenters. The number of hydrogen-bond donors (Lipinski definition) is 1. The molecule has 2 aromatic heterocycles. The second-order valence-electron chi connectivity index (χ2n) is 5.40. The van der Waals surface area contributed by atoms with Gasteiger partial charge in [-0.15, -0.1) is 0 Å². The van der Waals surface area contributed by atoms with Crippen LogP contribution in [0, 0.1) is 6.92 Å². The standard InChI is InChI=1S/C18H20N4/c1-14(21-13-16-4-3-9-19-12-16)17-5-7-18(8-6-17)22-11-10-20-15(22)2/h3-12,14,21H,13H2,1-2H3. The van der Waals surface area contributed by atoms with Gasteiger partial charge in [-0.1, -0.05) is 18.2 Å². The van der Waals surface area contributed by atoms with Crippen LogP contribution in [0.5, 0.6) is 0 Å². The molecule has 4 heteroatoms. The quantitative estimate of drug-likeness (QED) is 0.783. The molecule has 112 valence electrons. The van der Waals surface area contributed by atoms with Gasteiger partial charge < -0.3 is 9.88 Å². The van der Waals surface area contributed by atoms with Crippen molar-refractivity contribution in [3.8, 4) is 5.69 Å². The summed E-state index contributed by atoms with van der Waals surface area (Å²) in [6, 6.07) is 12.9. The Hall–Kier alpha value is -2.46. The Morgan fingerprint density at radius 2 is 1.95 bits per heavy atom. The molecule has 3 rings (SSSR count). The third-order valence-electron chi connectivity index (χ3n) is 3.83. The second-order valence-corrected chi connectivity index (χ2v) is 5.40. The predicted molar refractivity (Wildman–Crippen MR) is 87.8 cm³/mol. The van der Waals surface area contributed by atoms with Crippen LogP contribution in [0.2, 0.25) is 0 Å². The van der Waals surface area contributed by atoms with E-state index in [1.54, 1.807) is 6.20 Å². The van der Waals surface area contributed by atoms with Crippen LogP contribution < -0.4 is 5.32 Å². The summed E-state index contributed by atoms with van der Waals surface area (Å²) in [5.74, 6) is 0.996. The molecule has 2 heterocycles. The van der Waals surface area contributed by atoms with Crippen molar-refractivity contribution in [2.45, 2.75) is 26.4 Å². The number of aromatic nitrogens is 3. The first-order valence-corrected chi connectivity index (χ1v) is 7.46. The molecule has 0 radical (unpaired) electrons. The maximum absolute atomic E-state index is 4.26. The van der Waals surface area contributed by atoms with Crippen LogP contribution in [0.4, 0.5) is 0 Å². The van der Waals surface area contributed by atoms with Gasteiger partial charge in [-0.3, -0.25) is 4.98 Å². The first-order chi connectivity index (χ1) is 10.7. The lowest BCUT2D eigenvalue weighted by molar-refractivity contribution is 0.574. The first kappa shape index (κ1) is 14.5. The number of hydrogen-bond acceptors (Lipinski definition) is 3. The first-order valence-electron chi connectivity index (χ1n) is 7.46. The van der Waals surface area contributed by atoms with Crippen molar-refractivity contribution in [2.75, 3.05) is 0 Å². The van der Waals surface area contributed by atoms with E-state index in [0.29, 0.717) is 0 Å². The van der Waals surface area contributed by atoms with Gasteiger partial charge in [0.05, 0.1) is 0 Å². The third kappa shape index (κ3) is 3.23. The fraction of sp³-hybridized carbons (Fsp3) is 0.222. The van der Waals surface area contributed by atoms with Crippen molar-refractivity contribution in [2.24, 2.45) is 0 Å². The topological polar surface area (TPSA) is 42.7 Å². The van der Waals surface area contributed by atoms with Crippen LogP contribution in [0.1, 0.15) is 29.9 Å². The summed E-state index contributed by atoms with van der Waals surface area (Å²) in [4.78, 5) is 8.39. The number of rotatable bonds is 5. The predicted octanol–water partition coefficient (Wildman–Crippen LogP) is 3.43. The Balaban J connectivity index is 1.66. The molecule has 0 amide bonds. The number of benzene rings is 1. The molecular weight excluding hydrogens is 272 g/mol. The summed E-state index contributed by atoms with van der Waals surface area (Å²) in [7, 11) is 0. The molecule has 1 unspecified atom stereocenters. The van der Waals surface area contributed by atoms with E-state index in [2.05, 4.69) is 57.1 Å². The molecule has 0 aliphatic carbocycles. The highest BCUT2D eigenvalue weighted by molar-refractivity contribution is 5.36. The number of imidazole rings is 1. The van der Waals surface area contributed by atoms with E-state index in [9.17, 15) is 0 Å². The van der Waals surface area contributed by atoms with E-state index < -0.39 is 0 Å². The molecule has 0 spiro atoms. The summed E-state index contributed by atoms with van der Waals surface area (Å²) in [6.07, 6.45) is 7.49. The second kappa shape index (κ2) is 6.54. The molecule has 0 bridgehead atoms. The number of pyridine rings is 1. The smallest absolute Gasteiger partial charge is 0.110 e. The van der Waals surface area contributed by atoms with Crippen molar-refractivity contribution < 1.29 is 0 Å². The summed E-state index contributed by atoms with van der Waals surface area (Å²) in [5.41, 5.74) is 3.60. The van der Waals surface area contributed by atoms with E-state index >= 15 is 0 Å². The Kier molecular flexibility index (Phi) is 4.30. The molecule has 1 N–H and O–H groups in total. The Labute approximate surface area is 130 Å². The van der Waals surface area contributed by atoms with E-state index in [1.165, 1.54) is 11.1 Å². The zero-order valence-electron chi connectivity index (χ0n) is 12.9. The van der Waals surface area contributed by atoms with Crippen LogP contribution >= 0.6 is 0 Å². The lowest BCUT2D eigenvalue weighted by atomic mass is 10.1. The minimum absolute atomic E-state index is 0.290. The molecule has 0 saturated carbocycles. The van der Waals surface area contributed by atoms with Crippen molar-refractivity contribution in [1.29, 1.82) is 0 Å². The molecule has 0 fully saturated rings. The molecule has 3 aromatic rings. The van der Waals surface area contributed by atoms with Crippen LogP contribution in [-0.2, 0) is 6.54 Å². The number of nitrogens with one attached hydrogen (secondary N) is 1. The SMILES string of the molecule is Cc1nccn1-c1ccc(C(C)NCc2cccnc2)cc1. The maximum atomic E-state index is 4.26. The Morgan fingerprint density at radius 1 is 1.14 bits per heavy atom. The van der Waals surface area contributed by atoms with Crippen LogP contribution in [0.25, 0.3) is 5.69 Å². The lowest BCUT2D eigenvalue weighted by Gasteiger charge is -2.15. The average Bonchev–Trinajstić information content (AvgIpc) is 3.00. The zero-order chi connectivity index (χ0) is 15.4. The average molecular weight is 292 g/mol. The Morgan fingerprint density at radius 3 is 2.59 bits per heavy atom. The van der Waals surface area contributed by atoms with Crippen molar-refractivity contribution >= 4 is 0 Å². The van der Waals surface area contributed by atoms with Crippen LogP contribution in [0.3, 0.4) is 0 Å². The number of aryl methyl sites for hydroxylation is 1. The molecule has 22 heavy (non-hydrogen) atoms. The number of nitrogens with zero attached hydrogens (tertiary/aromatic N) is 3. The maximum Gasteiger partial charge on any atom is 0.110 e. The largest absolute Gasteiger partial charge is 0.306 e. The van der Waals surface area contributed by atoms with Crippen LogP contribution in [0.15, 0.2) is 61.2 Å². The van der Waals surface area contributed by atoms with Crippen molar-refractivity contribution in [3.05, 3.63) is 78.1 Å². The van der Waals surface area contributed by atoms with Gasteiger partial charge in [0, 0.05) is 43.1 Å². The van der Waals surface area contributed by atoms with E-state index in [0.717, 1.165) is 18.1 Å². The van der Waals surface area contributed by atoms with E-state index in [4.69, 9.17) is 0 Å². The van der Waals surface area contributed by atoms with Gasteiger partial charge in [-0.2, -0.15) is 0 Å². The van der Waals surface area contributed by atoms with Gasteiger partial charge in [-0.25, -0.2) is 4.98 Å². The highest BCUT2D eigenvalue weighted by Crippen LogP contribution is 2.17. The summed E-state index contributed by atoms with van der Waals surface area (Å²) < 4.78 is 2.08. The van der Waals surface area contributed by atoms with Crippen molar-refractivity contribution in [1.82, 2.24) is 19.9 Å². The van der Waals surface area contributed by atoms with Gasteiger partial charge >= 0.3 is 0 Å². The van der Waals surface area contributed by atoms with Gasteiger partial charge in [0.25, 0.3) is 0 Å². The van der Waals surface area contributed by atoms with E-state index in [-0.39, 0.29) is 6.04 Å². The Bertz CT molecular complexity index is 716. The van der Waals surface area contributed by atoms with Crippen LogP contribution in [-0.4, -0.2) is 14.5 Å². The van der Waals surface area contributed by atoms with Crippen molar-refractivity contribution in [3.63, 3.8) is 0 Å². The highest BCUT2D eigenvalue weighted by Gasteiger charge is 2.06. The van der Waals surface area contributed by atoms with E-state index in [1.807, 2.05) is 31.6 Å². The minimum Gasteiger partial charge on any atom is -0.306 e. The zero-order valence-corrected chi connectivity index (χ0v) is 12.9. The molecule has 4 nitrogen and oxygen atoms in total. The fourth-order valence-electron chi connectivity index (χ4n) is 2.47. The molecule has 0 aliphatic rings. The summed E-state index contributed by atoms with van der Waals surface area (Å²) >= 11 is 0. The normalized spacial score (nSPS) is 12.3. The third-order valence-corrected chi connectivity index (χ3v) is 3.83. The monoisotopic (exact) mass is 292 g/mol. The van der Waals surface area contributed by atoms with Gasteiger partial charge in [0.2, 0.25) is 0 Å². The van der Waals surface area contributed by atoms with Gasteiger partial charge in [0.1, 0.15) is 5.82 Å². The molecule has 0 aliphatic heterocycles. The molecule has 1 aromatic carbocycles. The fourth-order valence-corrected chi connectivity index (χ4v) is 2.47. The summed E-state index contributed by atoms with van der Waals surface area (Å²) in [6.45, 7) is 5.00. The summed E-state index contributed by atoms with van der Waals surface area (Å²) in [5, 5.41) is 3.52. The van der Waals surface area contributed by atoms with Gasteiger partial charge in [-0.05, 0) is 43.2 Å². The molecular formula is C18H20N4. The molecule has 0 saturated heterocycles. The minimum atomic E-state index is 0.290.